The average Bonchev–Trinajstić information content (AvgIpc) is 2.46. The number of rotatable bonds is 4. The van der Waals surface area contributed by atoms with Crippen LogP contribution in [0.3, 0.4) is 0 Å². The fourth-order valence-corrected chi connectivity index (χ4v) is 4.43. The van der Waals surface area contributed by atoms with E-state index < -0.39 is 0 Å². The molecular formula is C13H18N2O2S2. The molecule has 2 rings (SSSR count). The number of hydrogen-bond donors (Lipinski definition) is 2. The molecule has 0 spiro atoms. The van der Waals surface area contributed by atoms with E-state index in [2.05, 4.69) is 5.32 Å². The quantitative estimate of drug-likeness (QED) is 0.831. The van der Waals surface area contributed by atoms with Crippen LogP contribution in [0.4, 0.5) is 5.69 Å². The van der Waals surface area contributed by atoms with Gasteiger partial charge in [-0.1, -0.05) is 0 Å². The number of amides is 1. The molecule has 0 bridgehead atoms. The number of carbonyl (C=O) groups is 1. The first-order valence-electron chi connectivity index (χ1n) is 6.11. The standard InChI is InChI=1S/C13H18N2O2S2/c1-17-9-2-3-12(14)11(6-9)13(16)15-7-10-8-18-4-5-19-10/h2-3,6,10H,4-5,7-8,14H2,1H3,(H,15,16). The van der Waals surface area contributed by atoms with E-state index >= 15 is 0 Å². The molecule has 0 radical (unpaired) electrons. The summed E-state index contributed by atoms with van der Waals surface area (Å²) in [4.78, 5) is 12.1. The maximum Gasteiger partial charge on any atom is 0.253 e. The summed E-state index contributed by atoms with van der Waals surface area (Å²) < 4.78 is 5.11. The van der Waals surface area contributed by atoms with Gasteiger partial charge in [-0.05, 0) is 18.2 Å². The number of nitrogens with two attached hydrogens (primary N) is 1. The van der Waals surface area contributed by atoms with Crippen molar-refractivity contribution in [3.8, 4) is 5.75 Å². The highest BCUT2D eigenvalue weighted by molar-refractivity contribution is 8.06. The van der Waals surface area contributed by atoms with Crippen molar-refractivity contribution >= 4 is 35.1 Å². The van der Waals surface area contributed by atoms with Crippen LogP contribution in [-0.4, -0.2) is 42.1 Å². The third-order valence-electron chi connectivity index (χ3n) is 2.88. The molecular weight excluding hydrogens is 280 g/mol. The molecule has 1 fully saturated rings. The van der Waals surface area contributed by atoms with Crippen LogP contribution in [0.2, 0.25) is 0 Å². The monoisotopic (exact) mass is 298 g/mol. The van der Waals surface area contributed by atoms with Crippen molar-refractivity contribution in [3.05, 3.63) is 23.8 Å². The van der Waals surface area contributed by atoms with Gasteiger partial charge in [0, 0.05) is 34.7 Å². The molecule has 1 aliphatic heterocycles. The second kappa shape index (κ2) is 6.96. The van der Waals surface area contributed by atoms with E-state index in [4.69, 9.17) is 10.5 Å². The molecule has 1 aliphatic rings. The van der Waals surface area contributed by atoms with Crippen molar-refractivity contribution in [1.29, 1.82) is 0 Å². The highest BCUT2D eigenvalue weighted by Crippen LogP contribution is 2.24. The lowest BCUT2D eigenvalue weighted by Gasteiger charge is -2.21. The predicted molar refractivity (Wildman–Crippen MR) is 83.3 cm³/mol. The molecule has 1 heterocycles. The molecule has 0 saturated carbocycles. The molecule has 19 heavy (non-hydrogen) atoms. The van der Waals surface area contributed by atoms with Crippen molar-refractivity contribution in [2.75, 3.05) is 36.6 Å². The first-order chi connectivity index (χ1) is 9.20. The van der Waals surface area contributed by atoms with Crippen molar-refractivity contribution in [1.82, 2.24) is 5.32 Å². The maximum absolute atomic E-state index is 12.1. The summed E-state index contributed by atoms with van der Waals surface area (Å²) in [5.74, 6) is 3.97. The third kappa shape index (κ3) is 3.98. The molecule has 1 atom stereocenters. The number of benzene rings is 1. The molecule has 1 unspecified atom stereocenters. The zero-order valence-corrected chi connectivity index (χ0v) is 12.5. The van der Waals surface area contributed by atoms with Gasteiger partial charge < -0.3 is 15.8 Å². The second-order valence-electron chi connectivity index (χ2n) is 4.23. The molecule has 1 aromatic carbocycles. The summed E-state index contributed by atoms with van der Waals surface area (Å²) >= 11 is 3.86. The fourth-order valence-electron chi connectivity index (χ4n) is 1.82. The van der Waals surface area contributed by atoms with Crippen molar-refractivity contribution < 1.29 is 9.53 Å². The highest BCUT2D eigenvalue weighted by atomic mass is 32.2. The Bertz CT molecular complexity index is 448. The molecule has 104 valence electrons. The number of ether oxygens (including phenoxy) is 1. The van der Waals surface area contributed by atoms with Crippen LogP contribution < -0.4 is 15.8 Å². The summed E-state index contributed by atoms with van der Waals surface area (Å²) in [6.45, 7) is 0.688. The molecule has 1 saturated heterocycles. The average molecular weight is 298 g/mol. The third-order valence-corrected chi connectivity index (χ3v) is 5.73. The zero-order valence-electron chi connectivity index (χ0n) is 10.8. The number of nitrogen functional groups attached to an aromatic ring is 1. The van der Waals surface area contributed by atoms with E-state index in [9.17, 15) is 4.79 Å². The molecule has 0 aliphatic carbocycles. The summed E-state index contributed by atoms with van der Waals surface area (Å²) in [7, 11) is 1.57. The van der Waals surface area contributed by atoms with Crippen LogP contribution >= 0.6 is 23.5 Å². The SMILES string of the molecule is COc1ccc(N)c(C(=O)NCC2CSCCS2)c1. The lowest BCUT2D eigenvalue weighted by molar-refractivity contribution is 0.0955. The normalized spacial score (nSPS) is 18.9. The molecule has 0 aromatic heterocycles. The Morgan fingerprint density at radius 3 is 3.05 bits per heavy atom. The van der Waals surface area contributed by atoms with Crippen molar-refractivity contribution in [2.24, 2.45) is 0 Å². The van der Waals surface area contributed by atoms with Gasteiger partial charge in [0.25, 0.3) is 5.91 Å². The summed E-state index contributed by atoms with van der Waals surface area (Å²) in [5, 5.41) is 3.45. The maximum atomic E-state index is 12.1. The van der Waals surface area contributed by atoms with Crippen LogP contribution in [0.15, 0.2) is 18.2 Å². The predicted octanol–water partition coefficient (Wildman–Crippen LogP) is 1.86. The van der Waals surface area contributed by atoms with Crippen LogP contribution in [0.1, 0.15) is 10.4 Å². The van der Waals surface area contributed by atoms with Gasteiger partial charge in [0.2, 0.25) is 0 Å². The van der Waals surface area contributed by atoms with Gasteiger partial charge >= 0.3 is 0 Å². The minimum atomic E-state index is -0.132. The summed E-state index contributed by atoms with van der Waals surface area (Å²) in [6.07, 6.45) is 0. The molecule has 1 aromatic rings. The lowest BCUT2D eigenvalue weighted by Crippen LogP contribution is -2.33. The van der Waals surface area contributed by atoms with Gasteiger partial charge in [-0.25, -0.2) is 0 Å². The topological polar surface area (TPSA) is 64.3 Å². The number of hydrogen-bond acceptors (Lipinski definition) is 5. The van der Waals surface area contributed by atoms with Gasteiger partial charge in [0.1, 0.15) is 5.75 Å². The van der Waals surface area contributed by atoms with Crippen LogP contribution in [0.5, 0.6) is 5.75 Å². The molecule has 3 N–H and O–H groups in total. The van der Waals surface area contributed by atoms with Gasteiger partial charge in [0.15, 0.2) is 0 Å². The van der Waals surface area contributed by atoms with Crippen LogP contribution in [-0.2, 0) is 0 Å². The first-order valence-corrected chi connectivity index (χ1v) is 8.32. The van der Waals surface area contributed by atoms with E-state index in [-0.39, 0.29) is 5.91 Å². The van der Waals surface area contributed by atoms with Crippen LogP contribution in [0, 0.1) is 0 Å². The van der Waals surface area contributed by atoms with Crippen molar-refractivity contribution in [3.63, 3.8) is 0 Å². The van der Waals surface area contributed by atoms with Crippen LogP contribution in [0.25, 0.3) is 0 Å². The van der Waals surface area contributed by atoms with E-state index in [1.54, 1.807) is 25.3 Å². The largest absolute Gasteiger partial charge is 0.497 e. The number of carbonyl (C=O) groups excluding carboxylic acids is 1. The van der Waals surface area contributed by atoms with E-state index in [0.717, 1.165) is 11.5 Å². The summed E-state index contributed by atoms with van der Waals surface area (Å²) in [5.41, 5.74) is 6.78. The minimum Gasteiger partial charge on any atom is -0.497 e. The van der Waals surface area contributed by atoms with E-state index in [0.29, 0.717) is 28.8 Å². The highest BCUT2D eigenvalue weighted by Gasteiger charge is 2.17. The first kappa shape index (κ1) is 14.4. The molecule has 6 heteroatoms. The Hall–Kier alpha value is -1.01. The van der Waals surface area contributed by atoms with Gasteiger partial charge in [0.05, 0.1) is 12.7 Å². The minimum absolute atomic E-state index is 0.132. The van der Waals surface area contributed by atoms with Gasteiger partial charge in [-0.15, -0.1) is 0 Å². The van der Waals surface area contributed by atoms with E-state index in [1.807, 2.05) is 23.5 Å². The number of anilines is 1. The second-order valence-corrected chi connectivity index (χ2v) is 6.79. The van der Waals surface area contributed by atoms with E-state index in [1.165, 1.54) is 5.75 Å². The van der Waals surface area contributed by atoms with Crippen molar-refractivity contribution in [2.45, 2.75) is 5.25 Å². The smallest absolute Gasteiger partial charge is 0.253 e. The lowest BCUT2D eigenvalue weighted by atomic mass is 10.1. The molecule has 1 amide bonds. The Labute approximate surface area is 121 Å². The number of nitrogens with one attached hydrogen (secondary N) is 1. The Balaban J connectivity index is 1.95. The zero-order chi connectivity index (χ0) is 13.7. The Kier molecular flexibility index (Phi) is 5.27. The molecule has 4 nitrogen and oxygen atoms in total. The number of methoxy groups -OCH3 is 1. The number of thioether (sulfide) groups is 2. The Morgan fingerprint density at radius 2 is 2.37 bits per heavy atom. The van der Waals surface area contributed by atoms with Gasteiger partial charge in [-0.3, -0.25) is 4.79 Å². The Morgan fingerprint density at radius 1 is 1.53 bits per heavy atom. The fraction of sp³-hybridized carbons (Fsp3) is 0.462. The van der Waals surface area contributed by atoms with Gasteiger partial charge in [-0.2, -0.15) is 23.5 Å². The summed E-state index contributed by atoms with van der Waals surface area (Å²) in [6, 6.07) is 5.12.